The van der Waals surface area contributed by atoms with Crippen molar-refractivity contribution in [3.05, 3.63) is 47.5 Å². The van der Waals surface area contributed by atoms with Gasteiger partial charge in [-0.15, -0.1) is 6.42 Å². The Morgan fingerprint density at radius 2 is 1.95 bits per heavy atom. The molecule has 1 aromatic carbocycles. The zero-order chi connectivity index (χ0) is 29.5. The van der Waals surface area contributed by atoms with Crippen LogP contribution in [-0.4, -0.2) is 95.0 Å². The number of nitrogens with zero attached hydrogens (tertiary/aromatic N) is 5. The number of aromatic nitrogens is 4. The minimum absolute atomic E-state index is 0.0754. The van der Waals surface area contributed by atoms with Gasteiger partial charge in [0, 0.05) is 19.5 Å². The van der Waals surface area contributed by atoms with E-state index in [1.807, 2.05) is 11.9 Å². The van der Waals surface area contributed by atoms with Crippen molar-refractivity contribution in [3.63, 3.8) is 0 Å². The van der Waals surface area contributed by atoms with Gasteiger partial charge in [0.2, 0.25) is 5.28 Å². The molecular formula is C27H28ClN5O8. The lowest BCUT2D eigenvalue weighted by atomic mass is 9.92. The van der Waals surface area contributed by atoms with Gasteiger partial charge in [-0.1, -0.05) is 36.3 Å². The van der Waals surface area contributed by atoms with Crippen LogP contribution in [0.25, 0.3) is 11.2 Å². The fourth-order valence-electron chi connectivity index (χ4n) is 5.09. The van der Waals surface area contributed by atoms with Crippen LogP contribution in [0.15, 0.2) is 36.7 Å². The van der Waals surface area contributed by atoms with Gasteiger partial charge < -0.3 is 34.8 Å². The summed E-state index contributed by atoms with van der Waals surface area (Å²) in [5.74, 6) is -0.938. The maximum atomic E-state index is 12.2. The van der Waals surface area contributed by atoms with Crippen molar-refractivity contribution in [2.45, 2.75) is 61.4 Å². The zero-order valence-electron chi connectivity index (χ0n) is 21.9. The summed E-state index contributed by atoms with van der Waals surface area (Å²) < 4.78 is 12.7. The lowest BCUT2D eigenvalue weighted by Gasteiger charge is -2.35. The number of anilines is 1. The van der Waals surface area contributed by atoms with E-state index in [0.717, 1.165) is 19.3 Å². The maximum absolute atomic E-state index is 12.2. The van der Waals surface area contributed by atoms with Gasteiger partial charge in [-0.05, 0) is 36.4 Å². The molecule has 0 radical (unpaired) electrons. The highest BCUT2D eigenvalue weighted by Gasteiger charge is 2.58. The molecule has 4 atom stereocenters. The summed E-state index contributed by atoms with van der Waals surface area (Å²) in [5.41, 5.74) is -4.15. The molecule has 3 aromatic rings. The first-order chi connectivity index (χ1) is 19.5. The number of fused-ring (bicyclic) bond motifs is 1. The zero-order valence-corrected chi connectivity index (χ0v) is 22.7. The summed E-state index contributed by atoms with van der Waals surface area (Å²) in [5, 5.41) is 42.1. The number of aliphatic carboxylic acids is 2. The highest BCUT2D eigenvalue weighted by molar-refractivity contribution is 6.28. The number of carboxylic acid groups (broad SMARTS) is 2. The average Bonchev–Trinajstić information content (AvgIpc) is 3.43. The van der Waals surface area contributed by atoms with Crippen molar-refractivity contribution in [3.8, 4) is 12.3 Å². The number of terminal acetylenes is 1. The standard InChI is InChI=1S/C27H28ClN5O8/c1-3-26(39)17(13-40-27(23(35)36,24(37)38)12-15-8-5-4-6-9-15)41-22(19(26)34)33-14-29-18-20(30-25(28)31-21(18)33)32(2)16-10-7-11-16/h1,4-6,8-9,14,16-17,19,22,34,39H,7,10-13H2,2H3,(H,35,36)(H,37,38)/t17-,19+,22-,26-/m1/s1. The molecule has 2 aliphatic rings. The van der Waals surface area contributed by atoms with Crippen LogP contribution in [0.5, 0.6) is 0 Å². The molecule has 14 heteroatoms. The van der Waals surface area contributed by atoms with E-state index in [0.29, 0.717) is 16.9 Å². The van der Waals surface area contributed by atoms with Crippen molar-refractivity contribution >= 4 is 40.5 Å². The Labute approximate surface area is 239 Å². The van der Waals surface area contributed by atoms with E-state index in [2.05, 4.69) is 20.9 Å². The fourth-order valence-corrected chi connectivity index (χ4v) is 5.25. The van der Waals surface area contributed by atoms with Gasteiger partial charge in [0.15, 0.2) is 28.8 Å². The molecule has 2 aromatic heterocycles. The van der Waals surface area contributed by atoms with Crippen molar-refractivity contribution < 1.29 is 39.5 Å². The van der Waals surface area contributed by atoms with Gasteiger partial charge in [-0.3, -0.25) is 4.57 Å². The van der Waals surface area contributed by atoms with Crippen LogP contribution in [0.2, 0.25) is 5.28 Å². The Kier molecular flexibility index (Phi) is 7.62. The molecule has 1 saturated carbocycles. The van der Waals surface area contributed by atoms with Gasteiger partial charge in [-0.25, -0.2) is 14.6 Å². The number of rotatable bonds is 10. The van der Waals surface area contributed by atoms with Crippen LogP contribution in [0.3, 0.4) is 0 Å². The van der Waals surface area contributed by atoms with Crippen LogP contribution < -0.4 is 4.90 Å². The van der Waals surface area contributed by atoms with Crippen LogP contribution in [-0.2, 0) is 25.5 Å². The fraction of sp³-hybridized carbons (Fsp3) is 0.444. The Morgan fingerprint density at radius 1 is 1.27 bits per heavy atom. The Hall–Kier alpha value is -3.80. The molecular weight excluding hydrogens is 558 g/mol. The molecule has 3 heterocycles. The molecule has 0 spiro atoms. The van der Waals surface area contributed by atoms with E-state index in [-0.39, 0.29) is 17.0 Å². The first kappa shape index (κ1) is 28.7. The maximum Gasteiger partial charge on any atom is 0.348 e. The van der Waals surface area contributed by atoms with E-state index in [1.54, 1.807) is 30.3 Å². The smallest absolute Gasteiger partial charge is 0.348 e. The van der Waals surface area contributed by atoms with Crippen LogP contribution in [0.1, 0.15) is 31.1 Å². The van der Waals surface area contributed by atoms with Crippen LogP contribution in [0.4, 0.5) is 5.82 Å². The molecule has 1 saturated heterocycles. The van der Waals surface area contributed by atoms with E-state index in [1.165, 1.54) is 10.9 Å². The van der Waals surface area contributed by atoms with E-state index < -0.39 is 54.6 Å². The minimum atomic E-state index is -2.73. The minimum Gasteiger partial charge on any atom is -0.479 e. The van der Waals surface area contributed by atoms with Gasteiger partial charge in [0.25, 0.3) is 5.60 Å². The molecule has 0 bridgehead atoms. The monoisotopic (exact) mass is 585 g/mol. The third-order valence-electron chi connectivity index (χ3n) is 7.82. The number of aliphatic hydroxyl groups excluding tert-OH is 1. The molecule has 1 aliphatic carbocycles. The number of benzene rings is 1. The number of hydrogen-bond donors (Lipinski definition) is 4. The predicted octanol–water partition coefficient (Wildman–Crippen LogP) is 1.26. The number of halogens is 1. The topological polar surface area (TPSA) is 180 Å². The summed E-state index contributed by atoms with van der Waals surface area (Å²) in [4.78, 5) is 39.4. The van der Waals surface area contributed by atoms with Crippen molar-refractivity contribution in [2.75, 3.05) is 18.6 Å². The highest BCUT2D eigenvalue weighted by Crippen LogP contribution is 2.40. The molecule has 4 N–H and O–H groups in total. The van der Waals surface area contributed by atoms with E-state index in [9.17, 15) is 30.0 Å². The molecule has 2 fully saturated rings. The predicted molar refractivity (Wildman–Crippen MR) is 144 cm³/mol. The Bertz CT molecular complexity index is 1490. The first-order valence-corrected chi connectivity index (χ1v) is 13.2. The quantitative estimate of drug-likeness (QED) is 0.152. The van der Waals surface area contributed by atoms with Gasteiger partial charge in [-0.2, -0.15) is 9.97 Å². The average molecular weight is 586 g/mol. The molecule has 216 valence electrons. The molecule has 0 amide bonds. The molecule has 0 unspecified atom stereocenters. The summed E-state index contributed by atoms with van der Waals surface area (Å²) in [6.07, 6.45) is 4.81. The molecule has 13 nitrogen and oxygen atoms in total. The van der Waals surface area contributed by atoms with Crippen molar-refractivity contribution in [1.29, 1.82) is 0 Å². The lowest BCUT2D eigenvalue weighted by molar-refractivity contribution is -0.191. The Balaban J connectivity index is 1.45. The molecule has 5 rings (SSSR count). The summed E-state index contributed by atoms with van der Waals surface area (Å²) in [6.45, 7) is -0.780. The molecule has 1 aliphatic heterocycles. The Morgan fingerprint density at radius 3 is 2.54 bits per heavy atom. The van der Waals surface area contributed by atoms with Gasteiger partial charge in [0.1, 0.15) is 12.2 Å². The second-order valence-corrected chi connectivity index (χ2v) is 10.5. The van der Waals surface area contributed by atoms with Crippen LogP contribution in [0, 0.1) is 12.3 Å². The number of hydrogen-bond acceptors (Lipinski definition) is 10. The van der Waals surface area contributed by atoms with Crippen molar-refractivity contribution in [2.24, 2.45) is 0 Å². The number of imidazole rings is 1. The van der Waals surface area contributed by atoms with E-state index in [4.69, 9.17) is 27.5 Å². The second-order valence-electron chi connectivity index (χ2n) is 10.2. The largest absolute Gasteiger partial charge is 0.479 e. The lowest BCUT2D eigenvalue weighted by Crippen LogP contribution is -2.55. The summed E-state index contributed by atoms with van der Waals surface area (Å²) in [6, 6.07) is 8.32. The van der Waals surface area contributed by atoms with Gasteiger partial charge >= 0.3 is 11.9 Å². The molecule has 41 heavy (non-hydrogen) atoms. The number of ether oxygens (including phenoxy) is 2. The summed E-state index contributed by atoms with van der Waals surface area (Å²) >= 11 is 6.24. The summed E-state index contributed by atoms with van der Waals surface area (Å²) in [7, 11) is 1.87. The van der Waals surface area contributed by atoms with Crippen molar-refractivity contribution in [1.82, 2.24) is 19.5 Å². The normalized spacial score (nSPS) is 24.6. The number of carboxylic acids is 2. The SMILES string of the molecule is C#C[C@@]1(O)[C@@H](COC(Cc2ccccc2)(C(=O)O)C(=O)O)O[C@@H](n2cnc3c(N(C)C4CCC4)nc(Cl)nc32)[C@@H]1O. The first-order valence-electron chi connectivity index (χ1n) is 12.8. The van der Waals surface area contributed by atoms with Crippen LogP contribution >= 0.6 is 11.6 Å². The highest BCUT2D eigenvalue weighted by atomic mass is 35.5. The van der Waals surface area contributed by atoms with Gasteiger partial charge in [0.05, 0.1) is 12.9 Å². The third-order valence-corrected chi connectivity index (χ3v) is 7.99. The van der Waals surface area contributed by atoms with E-state index >= 15 is 0 Å². The third kappa shape index (κ3) is 4.87. The number of aliphatic hydroxyl groups is 2. The number of carbonyl (C=O) groups is 2. The second kappa shape index (κ2) is 10.9.